The second-order valence-electron chi connectivity index (χ2n) is 5.06. The Morgan fingerprint density at radius 1 is 1.44 bits per heavy atom. The van der Waals surface area contributed by atoms with E-state index < -0.39 is 5.38 Å². The molecule has 1 nitrogen and oxygen atoms in total. The van der Waals surface area contributed by atoms with Gasteiger partial charge in [-0.2, -0.15) is 0 Å². The van der Waals surface area contributed by atoms with Crippen LogP contribution in [0.4, 0.5) is 4.39 Å². The van der Waals surface area contributed by atoms with Crippen molar-refractivity contribution in [1.82, 2.24) is 0 Å². The monoisotopic (exact) mass is 240 g/mol. The molecule has 0 heterocycles. The Balaban J connectivity index is 2.11. The molecule has 0 N–H and O–H groups in total. The molecule has 2 rings (SSSR count). The highest BCUT2D eigenvalue weighted by Gasteiger charge is 2.51. The van der Waals surface area contributed by atoms with Crippen LogP contribution in [0.3, 0.4) is 0 Å². The molecule has 0 saturated heterocycles. The Morgan fingerprint density at radius 3 is 2.38 bits per heavy atom. The highest BCUT2D eigenvalue weighted by atomic mass is 35.5. The topological polar surface area (TPSA) is 17.1 Å². The van der Waals surface area contributed by atoms with Crippen molar-refractivity contribution in [1.29, 1.82) is 0 Å². The molecule has 1 aromatic carbocycles. The maximum absolute atomic E-state index is 12.7. The van der Waals surface area contributed by atoms with Gasteiger partial charge >= 0.3 is 0 Å². The molecule has 0 aromatic heterocycles. The smallest absolute Gasteiger partial charge is 0.158 e. The van der Waals surface area contributed by atoms with Gasteiger partial charge < -0.3 is 0 Å². The lowest BCUT2D eigenvalue weighted by molar-refractivity contribution is -0.120. The summed E-state index contributed by atoms with van der Waals surface area (Å²) in [5.74, 6) is -0.204. The fourth-order valence-corrected chi connectivity index (χ4v) is 2.22. The van der Waals surface area contributed by atoms with Gasteiger partial charge in [0.15, 0.2) is 5.78 Å². The number of carbonyl (C=O) groups is 1. The van der Waals surface area contributed by atoms with Crippen LogP contribution in [0.25, 0.3) is 0 Å². The van der Waals surface area contributed by atoms with Crippen molar-refractivity contribution in [3.63, 3.8) is 0 Å². The molecule has 16 heavy (non-hydrogen) atoms. The first kappa shape index (κ1) is 11.6. The van der Waals surface area contributed by atoms with Crippen molar-refractivity contribution < 1.29 is 9.18 Å². The maximum Gasteiger partial charge on any atom is 0.158 e. The third-order valence-electron chi connectivity index (χ3n) is 3.27. The number of rotatable bonds is 3. The summed E-state index contributed by atoms with van der Waals surface area (Å²) >= 11 is 6.10. The van der Waals surface area contributed by atoms with Crippen LogP contribution in [0.1, 0.15) is 31.2 Å². The van der Waals surface area contributed by atoms with Crippen LogP contribution < -0.4 is 0 Å². The zero-order valence-corrected chi connectivity index (χ0v) is 10.1. The van der Waals surface area contributed by atoms with Crippen molar-refractivity contribution in [2.45, 2.75) is 25.6 Å². The molecule has 2 atom stereocenters. The fraction of sp³-hybridized carbons (Fsp3) is 0.462. The van der Waals surface area contributed by atoms with Crippen LogP contribution >= 0.6 is 11.6 Å². The van der Waals surface area contributed by atoms with Crippen molar-refractivity contribution in [3.8, 4) is 0 Å². The minimum atomic E-state index is -0.646. The Labute approximate surface area is 99.6 Å². The van der Waals surface area contributed by atoms with E-state index in [1.165, 1.54) is 12.1 Å². The van der Waals surface area contributed by atoms with Crippen molar-refractivity contribution in [2.75, 3.05) is 0 Å². The van der Waals surface area contributed by atoms with E-state index in [4.69, 9.17) is 11.6 Å². The van der Waals surface area contributed by atoms with Gasteiger partial charge in [-0.3, -0.25) is 4.79 Å². The Bertz CT molecular complexity index is 410. The van der Waals surface area contributed by atoms with Gasteiger partial charge in [0.25, 0.3) is 0 Å². The molecule has 86 valence electrons. The number of ketones is 1. The quantitative estimate of drug-likeness (QED) is 0.736. The summed E-state index contributed by atoms with van der Waals surface area (Å²) < 4.78 is 12.7. The van der Waals surface area contributed by atoms with E-state index in [9.17, 15) is 9.18 Å². The molecule has 0 aliphatic heterocycles. The predicted molar refractivity (Wildman–Crippen MR) is 61.9 cm³/mol. The van der Waals surface area contributed by atoms with E-state index in [1.54, 1.807) is 12.1 Å². The number of hydrogen-bond acceptors (Lipinski definition) is 1. The van der Waals surface area contributed by atoms with E-state index in [2.05, 4.69) is 13.8 Å². The molecular weight excluding hydrogens is 227 g/mol. The number of Topliss-reactive ketones (excluding diaryl/α,β-unsaturated/α-hetero) is 1. The molecule has 2 unspecified atom stereocenters. The zero-order valence-electron chi connectivity index (χ0n) is 9.34. The minimum absolute atomic E-state index is 0.0540. The summed E-state index contributed by atoms with van der Waals surface area (Å²) in [5.41, 5.74) is 0.764. The Hall–Kier alpha value is -0.890. The molecule has 1 aliphatic rings. The van der Waals surface area contributed by atoms with Gasteiger partial charge in [-0.15, -0.1) is 11.6 Å². The zero-order chi connectivity index (χ0) is 11.9. The number of carbonyl (C=O) groups excluding carboxylic acids is 1. The Kier molecular flexibility index (Phi) is 2.79. The maximum atomic E-state index is 12.7. The number of benzene rings is 1. The van der Waals surface area contributed by atoms with E-state index in [-0.39, 0.29) is 22.9 Å². The number of alkyl halides is 1. The summed E-state index contributed by atoms with van der Waals surface area (Å²) in [5, 5.41) is -0.646. The normalized spacial score (nSPS) is 23.9. The summed E-state index contributed by atoms with van der Waals surface area (Å²) in [4.78, 5) is 12.0. The molecular formula is C13H14ClFO. The van der Waals surface area contributed by atoms with Crippen molar-refractivity contribution in [3.05, 3.63) is 35.6 Å². The van der Waals surface area contributed by atoms with Crippen LogP contribution in [0.5, 0.6) is 0 Å². The summed E-state index contributed by atoms with van der Waals surface area (Å²) in [6.45, 7) is 4.12. The van der Waals surface area contributed by atoms with Gasteiger partial charge in [-0.1, -0.05) is 26.0 Å². The molecule has 1 aromatic rings. The van der Waals surface area contributed by atoms with Gasteiger partial charge in [0.1, 0.15) is 11.2 Å². The molecule has 1 aliphatic carbocycles. The molecule has 0 bridgehead atoms. The standard InChI is InChI=1S/C13H14ClFO/c1-13(2)7-10(13)12(16)11(14)8-3-5-9(15)6-4-8/h3-6,10-11H,7H2,1-2H3. The highest BCUT2D eigenvalue weighted by molar-refractivity contribution is 6.31. The number of halogens is 2. The van der Waals surface area contributed by atoms with E-state index in [1.807, 2.05) is 0 Å². The average Bonchev–Trinajstić information content (AvgIpc) is 2.87. The highest BCUT2D eigenvalue weighted by Crippen LogP contribution is 2.54. The molecule has 0 amide bonds. The van der Waals surface area contributed by atoms with Crippen molar-refractivity contribution >= 4 is 17.4 Å². The second-order valence-corrected chi connectivity index (χ2v) is 5.50. The molecule has 3 heteroatoms. The first-order valence-electron chi connectivity index (χ1n) is 5.35. The van der Waals surface area contributed by atoms with Gasteiger partial charge in [-0.25, -0.2) is 4.39 Å². The second kappa shape index (κ2) is 3.85. The van der Waals surface area contributed by atoms with Crippen LogP contribution in [0, 0.1) is 17.2 Å². The fourth-order valence-electron chi connectivity index (χ4n) is 1.93. The Morgan fingerprint density at radius 2 is 1.94 bits per heavy atom. The van der Waals surface area contributed by atoms with Gasteiger partial charge in [0, 0.05) is 5.92 Å². The third kappa shape index (κ3) is 2.12. The SMILES string of the molecule is CC1(C)CC1C(=O)C(Cl)c1ccc(F)cc1. The lowest BCUT2D eigenvalue weighted by Gasteiger charge is -2.10. The third-order valence-corrected chi connectivity index (χ3v) is 3.74. The van der Waals surface area contributed by atoms with Gasteiger partial charge in [0.05, 0.1) is 0 Å². The first-order chi connectivity index (χ1) is 7.42. The van der Waals surface area contributed by atoms with Gasteiger partial charge in [0.2, 0.25) is 0 Å². The van der Waals surface area contributed by atoms with Gasteiger partial charge in [-0.05, 0) is 29.5 Å². The lowest BCUT2D eigenvalue weighted by Crippen LogP contribution is -2.12. The lowest BCUT2D eigenvalue weighted by atomic mass is 10.0. The van der Waals surface area contributed by atoms with Crippen LogP contribution in [0.15, 0.2) is 24.3 Å². The molecule has 1 fully saturated rings. The van der Waals surface area contributed by atoms with Crippen LogP contribution in [0.2, 0.25) is 0 Å². The van der Waals surface area contributed by atoms with Crippen LogP contribution in [-0.2, 0) is 4.79 Å². The van der Waals surface area contributed by atoms with E-state index in [0.717, 1.165) is 6.42 Å². The van der Waals surface area contributed by atoms with Crippen LogP contribution in [-0.4, -0.2) is 5.78 Å². The largest absolute Gasteiger partial charge is 0.297 e. The first-order valence-corrected chi connectivity index (χ1v) is 5.79. The molecule has 1 saturated carbocycles. The number of hydrogen-bond donors (Lipinski definition) is 0. The summed E-state index contributed by atoms with van der Waals surface area (Å²) in [6.07, 6.45) is 0.899. The summed E-state index contributed by atoms with van der Waals surface area (Å²) in [6, 6.07) is 5.80. The van der Waals surface area contributed by atoms with Crippen molar-refractivity contribution in [2.24, 2.45) is 11.3 Å². The molecule has 0 spiro atoms. The minimum Gasteiger partial charge on any atom is -0.297 e. The van der Waals surface area contributed by atoms with E-state index in [0.29, 0.717) is 5.56 Å². The summed E-state index contributed by atoms with van der Waals surface area (Å²) in [7, 11) is 0. The predicted octanol–water partition coefficient (Wildman–Crippen LogP) is 3.72. The average molecular weight is 241 g/mol. The van der Waals surface area contributed by atoms with E-state index >= 15 is 0 Å². The molecule has 0 radical (unpaired) electrons.